The normalized spacial score (nSPS) is 11.6. The van der Waals surface area contributed by atoms with Gasteiger partial charge >= 0.3 is 12.1 Å². The average molecular weight is 571 g/mol. The van der Waals surface area contributed by atoms with Crippen molar-refractivity contribution >= 4 is 45.9 Å². The van der Waals surface area contributed by atoms with Crippen molar-refractivity contribution in [2.75, 3.05) is 11.9 Å². The van der Waals surface area contributed by atoms with E-state index in [-0.39, 0.29) is 44.9 Å². The van der Waals surface area contributed by atoms with Crippen LogP contribution in [0.25, 0.3) is 28.5 Å². The Labute approximate surface area is 229 Å². The molecule has 39 heavy (non-hydrogen) atoms. The van der Waals surface area contributed by atoms with Crippen LogP contribution in [0.3, 0.4) is 0 Å². The number of amides is 1. The number of carbonyl (C=O) groups is 2. The van der Waals surface area contributed by atoms with Crippen LogP contribution in [-0.2, 0) is 15.7 Å². The van der Waals surface area contributed by atoms with Crippen LogP contribution in [0.2, 0.25) is 5.02 Å². The van der Waals surface area contributed by atoms with Gasteiger partial charge in [0.15, 0.2) is 0 Å². The Morgan fingerprint density at radius 3 is 2.54 bits per heavy atom. The highest BCUT2D eigenvalue weighted by Gasteiger charge is 2.31. The first-order valence-corrected chi connectivity index (χ1v) is 12.6. The van der Waals surface area contributed by atoms with Crippen LogP contribution in [0.5, 0.6) is 0 Å². The molecule has 6 nitrogen and oxygen atoms in total. The molecule has 0 aliphatic heterocycles. The standard InChI is InChI=1S/C28H18ClF3N2O4S/c1-2-37-27(36)24-21(16-6-4-3-5-7-16)15-39-26(24)34-25(35)17(14-33)12-19-9-11-23(38-19)20-13-18(28(30,31)32)8-10-22(20)29/h3-13,15H,2H2,1H3,(H,34,35)/b17-12+. The zero-order chi connectivity index (χ0) is 28.2. The third-order valence-electron chi connectivity index (χ3n) is 5.42. The first-order valence-electron chi connectivity index (χ1n) is 11.4. The molecule has 2 aromatic heterocycles. The Morgan fingerprint density at radius 1 is 1.13 bits per heavy atom. The van der Waals surface area contributed by atoms with Gasteiger partial charge in [-0.05, 0) is 42.8 Å². The molecule has 0 aliphatic carbocycles. The summed E-state index contributed by atoms with van der Waals surface area (Å²) in [7, 11) is 0. The predicted octanol–water partition coefficient (Wildman–Crippen LogP) is 8.07. The van der Waals surface area contributed by atoms with Gasteiger partial charge in [0, 0.05) is 22.6 Å². The summed E-state index contributed by atoms with van der Waals surface area (Å²) in [5.74, 6) is -1.40. The van der Waals surface area contributed by atoms with Crippen molar-refractivity contribution in [1.82, 2.24) is 0 Å². The van der Waals surface area contributed by atoms with Gasteiger partial charge < -0.3 is 14.5 Å². The predicted molar refractivity (Wildman–Crippen MR) is 142 cm³/mol. The van der Waals surface area contributed by atoms with Gasteiger partial charge in [0.1, 0.15) is 33.7 Å². The van der Waals surface area contributed by atoms with Crippen LogP contribution in [0.15, 0.2) is 76.0 Å². The third kappa shape index (κ3) is 6.22. The van der Waals surface area contributed by atoms with E-state index in [1.54, 1.807) is 30.5 Å². The van der Waals surface area contributed by atoms with Gasteiger partial charge in [0.05, 0.1) is 17.2 Å². The summed E-state index contributed by atoms with van der Waals surface area (Å²) in [6.07, 6.45) is -3.44. The lowest BCUT2D eigenvalue weighted by atomic mass is 10.0. The molecule has 1 amide bonds. The minimum atomic E-state index is -4.58. The van der Waals surface area contributed by atoms with Gasteiger partial charge in [-0.15, -0.1) is 11.3 Å². The highest BCUT2D eigenvalue weighted by Crippen LogP contribution is 2.38. The molecule has 1 N–H and O–H groups in total. The maximum absolute atomic E-state index is 13.1. The highest BCUT2D eigenvalue weighted by molar-refractivity contribution is 7.15. The second-order valence-corrected chi connectivity index (χ2v) is 9.25. The number of esters is 1. The van der Waals surface area contributed by atoms with Gasteiger partial charge in [-0.3, -0.25) is 4.79 Å². The fraction of sp³-hybridized carbons (Fsp3) is 0.107. The molecule has 4 rings (SSSR count). The number of hydrogen-bond acceptors (Lipinski definition) is 6. The summed E-state index contributed by atoms with van der Waals surface area (Å²) in [5, 5.41) is 14.1. The largest absolute Gasteiger partial charge is 0.462 e. The molecule has 2 aromatic carbocycles. The van der Waals surface area contributed by atoms with Crippen LogP contribution in [-0.4, -0.2) is 18.5 Å². The lowest BCUT2D eigenvalue weighted by Crippen LogP contribution is -2.16. The summed E-state index contributed by atoms with van der Waals surface area (Å²) >= 11 is 7.17. The number of rotatable bonds is 7. The maximum atomic E-state index is 13.1. The molecule has 0 bridgehead atoms. The maximum Gasteiger partial charge on any atom is 0.416 e. The third-order valence-corrected chi connectivity index (χ3v) is 6.65. The Morgan fingerprint density at radius 2 is 1.87 bits per heavy atom. The second kappa shape index (κ2) is 11.6. The summed E-state index contributed by atoms with van der Waals surface area (Å²) in [4.78, 5) is 25.7. The number of anilines is 1. The molecule has 198 valence electrons. The minimum Gasteiger partial charge on any atom is -0.462 e. The average Bonchev–Trinajstić information content (AvgIpc) is 3.54. The van der Waals surface area contributed by atoms with E-state index in [1.807, 2.05) is 18.2 Å². The van der Waals surface area contributed by atoms with Crippen molar-refractivity contribution in [2.24, 2.45) is 0 Å². The van der Waals surface area contributed by atoms with Crippen LogP contribution >= 0.6 is 22.9 Å². The Kier molecular flexibility index (Phi) is 8.24. The molecular weight excluding hydrogens is 553 g/mol. The number of furan rings is 1. The smallest absolute Gasteiger partial charge is 0.416 e. The molecule has 4 aromatic rings. The fourth-order valence-corrected chi connectivity index (χ4v) is 4.78. The van der Waals surface area contributed by atoms with Crippen LogP contribution in [0.1, 0.15) is 28.6 Å². The van der Waals surface area contributed by atoms with Gasteiger partial charge in [0.2, 0.25) is 0 Å². The van der Waals surface area contributed by atoms with Crippen molar-refractivity contribution in [3.63, 3.8) is 0 Å². The SMILES string of the molecule is CCOC(=O)c1c(-c2ccccc2)csc1NC(=O)/C(C#N)=C/c1ccc(-c2cc(C(F)(F)F)ccc2Cl)o1. The van der Waals surface area contributed by atoms with E-state index in [4.69, 9.17) is 20.8 Å². The van der Waals surface area contributed by atoms with E-state index in [1.165, 1.54) is 12.1 Å². The highest BCUT2D eigenvalue weighted by atomic mass is 35.5. The molecule has 0 spiro atoms. The number of nitriles is 1. The fourth-order valence-electron chi connectivity index (χ4n) is 3.61. The first-order chi connectivity index (χ1) is 18.6. The lowest BCUT2D eigenvalue weighted by molar-refractivity contribution is -0.137. The van der Waals surface area contributed by atoms with Gasteiger partial charge in [-0.25, -0.2) is 4.79 Å². The van der Waals surface area contributed by atoms with Crippen molar-refractivity contribution in [1.29, 1.82) is 5.26 Å². The minimum absolute atomic E-state index is 0.000191. The summed E-state index contributed by atoms with van der Waals surface area (Å²) < 4.78 is 50.2. The van der Waals surface area contributed by atoms with Crippen LogP contribution < -0.4 is 5.32 Å². The number of nitrogens with one attached hydrogen (secondary N) is 1. The number of nitrogens with zero attached hydrogens (tertiary/aromatic N) is 1. The lowest BCUT2D eigenvalue weighted by Gasteiger charge is -2.09. The monoisotopic (exact) mass is 570 g/mol. The molecule has 0 unspecified atom stereocenters. The number of benzene rings is 2. The zero-order valence-electron chi connectivity index (χ0n) is 20.1. The molecule has 2 heterocycles. The van der Waals surface area contributed by atoms with Gasteiger partial charge in [-0.2, -0.15) is 18.4 Å². The number of hydrogen-bond donors (Lipinski definition) is 1. The Balaban J connectivity index is 1.62. The Hall–Kier alpha value is -4.33. The summed E-state index contributed by atoms with van der Waals surface area (Å²) in [6, 6.07) is 16.4. The first kappa shape index (κ1) is 27.7. The van der Waals surface area contributed by atoms with Crippen LogP contribution in [0.4, 0.5) is 18.2 Å². The number of alkyl halides is 3. The Bertz CT molecular complexity index is 1600. The number of halogens is 4. The van der Waals surface area contributed by atoms with Gasteiger partial charge in [0.25, 0.3) is 5.91 Å². The quantitative estimate of drug-likeness (QED) is 0.138. The van der Waals surface area contributed by atoms with Crippen molar-refractivity contribution in [3.8, 4) is 28.5 Å². The number of ether oxygens (including phenoxy) is 1. The van der Waals surface area contributed by atoms with Gasteiger partial charge in [-0.1, -0.05) is 41.9 Å². The van der Waals surface area contributed by atoms with Crippen molar-refractivity contribution < 1.29 is 31.9 Å². The number of thiophene rings is 1. The summed E-state index contributed by atoms with van der Waals surface area (Å²) in [6.45, 7) is 1.78. The summed E-state index contributed by atoms with van der Waals surface area (Å²) in [5.41, 5.74) is 0.180. The molecule has 0 aliphatic rings. The van der Waals surface area contributed by atoms with E-state index in [9.17, 15) is 28.0 Å². The molecule has 11 heteroatoms. The van der Waals surface area contributed by atoms with E-state index >= 15 is 0 Å². The van der Waals surface area contributed by atoms with Crippen molar-refractivity contribution in [2.45, 2.75) is 13.1 Å². The number of carbonyl (C=O) groups excluding carboxylic acids is 2. The van der Waals surface area contributed by atoms with E-state index in [2.05, 4.69) is 5.32 Å². The second-order valence-electron chi connectivity index (χ2n) is 7.96. The molecule has 0 radical (unpaired) electrons. The molecular formula is C28H18ClF3N2O4S. The van der Waals surface area contributed by atoms with Crippen LogP contribution in [0, 0.1) is 11.3 Å². The zero-order valence-corrected chi connectivity index (χ0v) is 21.7. The molecule has 0 atom stereocenters. The van der Waals surface area contributed by atoms with E-state index < -0.39 is 23.6 Å². The van der Waals surface area contributed by atoms with E-state index in [0.29, 0.717) is 5.56 Å². The van der Waals surface area contributed by atoms with Crippen molar-refractivity contribution in [3.05, 3.63) is 93.5 Å². The molecule has 0 saturated heterocycles. The van der Waals surface area contributed by atoms with E-state index in [0.717, 1.165) is 41.2 Å². The topological polar surface area (TPSA) is 92.3 Å². The molecule has 0 fully saturated rings. The molecule has 0 saturated carbocycles.